The Kier molecular flexibility index (Phi) is 5.36. The van der Waals surface area contributed by atoms with Crippen LogP contribution in [0, 0.1) is 6.92 Å². The van der Waals surface area contributed by atoms with Crippen molar-refractivity contribution in [3.8, 4) is 0 Å². The second-order valence-electron chi connectivity index (χ2n) is 3.81. The Morgan fingerprint density at radius 3 is 2.39 bits per heavy atom. The van der Waals surface area contributed by atoms with Gasteiger partial charge < -0.3 is 9.47 Å². The Labute approximate surface area is 107 Å². The molecule has 0 saturated heterocycles. The summed E-state index contributed by atoms with van der Waals surface area (Å²) in [5.74, 6) is -0.733. The molecule has 0 aliphatic heterocycles. The molecule has 18 heavy (non-hydrogen) atoms. The van der Waals surface area contributed by atoms with Crippen molar-refractivity contribution in [2.75, 3.05) is 13.2 Å². The summed E-state index contributed by atoms with van der Waals surface area (Å²) < 4.78 is 9.89. The lowest BCUT2D eigenvalue weighted by Gasteiger charge is -2.11. The Morgan fingerprint density at radius 1 is 1.11 bits per heavy atom. The van der Waals surface area contributed by atoms with Crippen LogP contribution in [0.2, 0.25) is 0 Å². The Morgan fingerprint density at radius 2 is 1.78 bits per heavy atom. The largest absolute Gasteiger partial charge is 0.466 e. The smallest absolute Gasteiger partial charge is 0.338 e. The van der Waals surface area contributed by atoms with Crippen LogP contribution in [0.1, 0.15) is 35.3 Å². The van der Waals surface area contributed by atoms with Crippen molar-refractivity contribution >= 4 is 11.9 Å². The van der Waals surface area contributed by atoms with E-state index in [0.29, 0.717) is 24.3 Å². The summed E-state index contributed by atoms with van der Waals surface area (Å²) in [7, 11) is 0. The lowest BCUT2D eigenvalue weighted by molar-refractivity contribution is -0.142. The van der Waals surface area contributed by atoms with E-state index in [-0.39, 0.29) is 12.4 Å². The van der Waals surface area contributed by atoms with E-state index in [1.54, 1.807) is 19.9 Å². The molecule has 4 nitrogen and oxygen atoms in total. The van der Waals surface area contributed by atoms with Crippen LogP contribution in [-0.2, 0) is 20.7 Å². The van der Waals surface area contributed by atoms with Crippen LogP contribution in [0.4, 0.5) is 0 Å². The molecule has 0 bridgehead atoms. The zero-order valence-electron chi connectivity index (χ0n) is 11.0. The summed E-state index contributed by atoms with van der Waals surface area (Å²) in [5.41, 5.74) is 1.91. The maximum atomic E-state index is 11.9. The highest BCUT2D eigenvalue weighted by molar-refractivity contribution is 5.94. The summed E-state index contributed by atoms with van der Waals surface area (Å²) >= 11 is 0. The molecule has 0 aromatic heterocycles. The summed E-state index contributed by atoms with van der Waals surface area (Å²) in [4.78, 5) is 23.3. The molecule has 0 radical (unpaired) electrons. The van der Waals surface area contributed by atoms with Gasteiger partial charge in [0.05, 0.1) is 25.2 Å². The lowest BCUT2D eigenvalue weighted by Crippen LogP contribution is -2.14. The van der Waals surface area contributed by atoms with Crippen LogP contribution in [0.25, 0.3) is 0 Å². The van der Waals surface area contributed by atoms with Gasteiger partial charge >= 0.3 is 11.9 Å². The van der Waals surface area contributed by atoms with Gasteiger partial charge in [-0.15, -0.1) is 0 Å². The summed E-state index contributed by atoms with van der Waals surface area (Å²) in [6.45, 7) is 5.97. The summed E-state index contributed by atoms with van der Waals surface area (Å²) in [6.07, 6.45) is 0.0870. The topological polar surface area (TPSA) is 52.6 Å². The van der Waals surface area contributed by atoms with Gasteiger partial charge in [0.2, 0.25) is 0 Å². The van der Waals surface area contributed by atoms with Crippen LogP contribution in [0.5, 0.6) is 0 Å². The maximum Gasteiger partial charge on any atom is 0.338 e. The van der Waals surface area contributed by atoms with Gasteiger partial charge in [-0.05, 0) is 31.9 Å². The first-order valence-electron chi connectivity index (χ1n) is 6.01. The van der Waals surface area contributed by atoms with Crippen molar-refractivity contribution in [2.45, 2.75) is 27.2 Å². The van der Waals surface area contributed by atoms with Crippen molar-refractivity contribution in [1.82, 2.24) is 0 Å². The molecule has 98 valence electrons. The van der Waals surface area contributed by atoms with Gasteiger partial charge in [0.15, 0.2) is 0 Å². The number of esters is 2. The van der Waals surface area contributed by atoms with Gasteiger partial charge in [-0.3, -0.25) is 4.79 Å². The van der Waals surface area contributed by atoms with E-state index in [9.17, 15) is 9.59 Å². The molecule has 0 amide bonds. The van der Waals surface area contributed by atoms with E-state index >= 15 is 0 Å². The van der Waals surface area contributed by atoms with Crippen molar-refractivity contribution in [1.29, 1.82) is 0 Å². The average molecular weight is 250 g/mol. The lowest BCUT2D eigenvalue weighted by atomic mass is 10.00. The molecule has 0 unspecified atom stereocenters. The Bertz CT molecular complexity index is 437. The molecule has 0 heterocycles. The molecular formula is C14H18O4. The van der Waals surface area contributed by atoms with E-state index in [1.165, 1.54) is 0 Å². The SMILES string of the molecule is CCOC(=O)Cc1cccc(C)c1C(=O)OCC. The van der Waals surface area contributed by atoms with Gasteiger partial charge in [-0.25, -0.2) is 4.79 Å². The Hall–Kier alpha value is -1.84. The molecule has 0 atom stereocenters. The van der Waals surface area contributed by atoms with Crippen LogP contribution >= 0.6 is 0 Å². The zero-order chi connectivity index (χ0) is 13.5. The molecule has 1 rings (SSSR count). The molecule has 0 aliphatic rings. The molecule has 0 spiro atoms. The van der Waals surface area contributed by atoms with E-state index in [0.717, 1.165) is 5.56 Å². The average Bonchev–Trinajstić information content (AvgIpc) is 2.29. The Balaban J connectivity index is 3.00. The van der Waals surface area contributed by atoms with Crippen LogP contribution < -0.4 is 0 Å². The monoisotopic (exact) mass is 250 g/mol. The fourth-order valence-corrected chi connectivity index (χ4v) is 1.74. The van der Waals surface area contributed by atoms with Gasteiger partial charge in [-0.1, -0.05) is 18.2 Å². The van der Waals surface area contributed by atoms with Gasteiger partial charge in [0, 0.05) is 0 Å². The second kappa shape index (κ2) is 6.79. The van der Waals surface area contributed by atoms with Crippen LogP contribution in [-0.4, -0.2) is 25.2 Å². The predicted octanol–water partition coefficient (Wildman–Crippen LogP) is 2.28. The molecule has 0 saturated carbocycles. The van der Waals surface area contributed by atoms with E-state index in [4.69, 9.17) is 9.47 Å². The molecular weight excluding hydrogens is 232 g/mol. The maximum absolute atomic E-state index is 11.9. The fraction of sp³-hybridized carbons (Fsp3) is 0.429. The molecule has 0 fully saturated rings. The quantitative estimate of drug-likeness (QED) is 0.752. The number of ether oxygens (including phenoxy) is 2. The minimum absolute atomic E-state index is 0.0870. The first kappa shape index (κ1) is 14.2. The number of aryl methyl sites for hydroxylation is 1. The van der Waals surface area contributed by atoms with E-state index < -0.39 is 5.97 Å². The predicted molar refractivity (Wildman–Crippen MR) is 67.5 cm³/mol. The molecule has 0 aliphatic carbocycles. The highest BCUT2D eigenvalue weighted by Crippen LogP contribution is 2.16. The fourth-order valence-electron chi connectivity index (χ4n) is 1.74. The highest BCUT2D eigenvalue weighted by Gasteiger charge is 2.17. The first-order valence-corrected chi connectivity index (χ1v) is 6.01. The van der Waals surface area contributed by atoms with E-state index in [1.807, 2.05) is 19.1 Å². The third kappa shape index (κ3) is 3.58. The summed E-state index contributed by atoms with van der Waals surface area (Å²) in [6, 6.07) is 5.38. The number of carbonyl (C=O) groups excluding carboxylic acids is 2. The van der Waals surface area contributed by atoms with E-state index in [2.05, 4.69) is 0 Å². The number of hydrogen-bond acceptors (Lipinski definition) is 4. The van der Waals surface area contributed by atoms with Crippen molar-refractivity contribution in [3.05, 3.63) is 34.9 Å². The molecule has 0 N–H and O–H groups in total. The third-order valence-electron chi connectivity index (χ3n) is 2.48. The highest BCUT2D eigenvalue weighted by atomic mass is 16.5. The van der Waals surface area contributed by atoms with Crippen LogP contribution in [0.15, 0.2) is 18.2 Å². The standard InChI is InChI=1S/C14H18O4/c1-4-17-12(15)9-11-8-6-7-10(3)13(11)14(16)18-5-2/h6-8H,4-5,9H2,1-3H3. The number of benzene rings is 1. The third-order valence-corrected chi connectivity index (χ3v) is 2.48. The van der Waals surface area contributed by atoms with Crippen molar-refractivity contribution in [3.63, 3.8) is 0 Å². The van der Waals surface area contributed by atoms with Crippen molar-refractivity contribution in [2.24, 2.45) is 0 Å². The summed E-state index contributed by atoms with van der Waals surface area (Å²) in [5, 5.41) is 0. The zero-order valence-corrected chi connectivity index (χ0v) is 11.0. The minimum atomic E-state index is -0.394. The molecule has 4 heteroatoms. The normalized spacial score (nSPS) is 9.94. The number of rotatable bonds is 5. The number of hydrogen-bond donors (Lipinski definition) is 0. The van der Waals surface area contributed by atoms with Gasteiger partial charge in [0.25, 0.3) is 0 Å². The molecule has 1 aromatic rings. The molecule has 1 aromatic carbocycles. The second-order valence-corrected chi connectivity index (χ2v) is 3.81. The first-order chi connectivity index (χ1) is 8.60. The minimum Gasteiger partial charge on any atom is -0.466 e. The van der Waals surface area contributed by atoms with Crippen LogP contribution in [0.3, 0.4) is 0 Å². The van der Waals surface area contributed by atoms with Crippen molar-refractivity contribution < 1.29 is 19.1 Å². The van der Waals surface area contributed by atoms with Gasteiger partial charge in [0.1, 0.15) is 0 Å². The number of carbonyl (C=O) groups is 2. The van der Waals surface area contributed by atoms with Gasteiger partial charge in [-0.2, -0.15) is 0 Å².